The number of rotatable bonds is 3. The molecule has 0 N–H and O–H groups in total. The Morgan fingerprint density at radius 2 is 2.33 bits per heavy atom. The summed E-state index contributed by atoms with van der Waals surface area (Å²) in [5.74, 6) is 0.441. The van der Waals surface area contributed by atoms with E-state index in [0.29, 0.717) is 24.5 Å². The SMILES string of the molecule is CC(C)(C)OC(=O)N1CCC1COc1cnccc1C#N. The van der Waals surface area contributed by atoms with Crippen LogP contribution in [0.2, 0.25) is 0 Å². The molecule has 0 radical (unpaired) electrons. The van der Waals surface area contributed by atoms with Gasteiger partial charge in [-0.3, -0.25) is 4.98 Å². The summed E-state index contributed by atoms with van der Waals surface area (Å²) >= 11 is 0. The van der Waals surface area contributed by atoms with E-state index in [1.54, 1.807) is 17.2 Å². The van der Waals surface area contributed by atoms with Crippen molar-refractivity contribution >= 4 is 6.09 Å². The van der Waals surface area contributed by atoms with Crippen molar-refractivity contribution in [3.8, 4) is 11.8 Å². The van der Waals surface area contributed by atoms with E-state index in [4.69, 9.17) is 14.7 Å². The molecule has 0 saturated carbocycles. The minimum atomic E-state index is -0.505. The molecular formula is C15H19N3O3. The van der Waals surface area contributed by atoms with Crippen molar-refractivity contribution < 1.29 is 14.3 Å². The van der Waals surface area contributed by atoms with E-state index in [1.807, 2.05) is 20.8 Å². The number of hydrogen-bond donors (Lipinski definition) is 0. The zero-order valence-electron chi connectivity index (χ0n) is 12.5. The number of nitriles is 1. The molecule has 0 aromatic carbocycles. The largest absolute Gasteiger partial charge is 0.488 e. The summed E-state index contributed by atoms with van der Waals surface area (Å²) in [4.78, 5) is 17.6. The number of hydrogen-bond acceptors (Lipinski definition) is 5. The van der Waals surface area contributed by atoms with E-state index in [2.05, 4.69) is 11.1 Å². The third-order valence-corrected chi connectivity index (χ3v) is 3.11. The lowest BCUT2D eigenvalue weighted by Crippen LogP contribution is -2.55. The standard InChI is InChI=1S/C15H19N3O3/c1-15(2,3)21-14(19)18-7-5-12(18)10-20-13-9-17-6-4-11(13)8-16/h4,6,9,12H,5,7,10H2,1-3H3. The molecule has 1 aliphatic rings. The van der Waals surface area contributed by atoms with E-state index in [0.717, 1.165) is 6.42 Å². The number of pyridine rings is 1. The molecule has 1 atom stereocenters. The molecular weight excluding hydrogens is 270 g/mol. The molecule has 1 aliphatic heterocycles. The lowest BCUT2D eigenvalue weighted by Gasteiger charge is -2.41. The first-order valence-corrected chi connectivity index (χ1v) is 6.87. The van der Waals surface area contributed by atoms with Crippen LogP contribution < -0.4 is 4.74 Å². The fourth-order valence-corrected chi connectivity index (χ4v) is 1.95. The first-order valence-electron chi connectivity index (χ1n) is 6.87. The second-order valence-corrected chi connectivity index (χ2v) is 5.91. The molecule has 1 aromatic rings. The Labute approximate surface area is 124 Å². The maximum absolute atomic E-state index is 12.0. The van der Waals surface area contributed by atoms with Crippen LogP contribution in [0.15, 0.2) is 18.5 Å². The Morgan fingerprint density at radius 1 is 1.57 bits per heavy atom. The lowest BCUT2D eigenvalue weighted by molar-refractivity contribution is -0.0141. The molecule has 2 rings (SSSR count). The number of carbonyl (C=O) groups excluding carboxylic acids is 1. The first-order chi connectivity index (χ1) is 9.90. The highest BCUT2D eigenvalue weighted by atomic mass is 16.6. The molecule has 2 heterocycles. The topological polar surface area (TPSA) is 75.4 Å². The molecule has 1 aromatic heterocycles. The van der Waals surface area contributed by atoms with Crippen LogP contribution >= 0.6 is 0 Å². The van der Waals surface area contributed by atoms with Crippen LogP contribution in [-0.4, -0.2) is 40.8 Å². The number of nitrogens with zero attached hydrogens (tertiary/aromatic N) is 3. The minimum absolute atomic E-state index is 0.0217. The van der Waals surface area contributed by atoms with Crippen LogP contribution in [0.3, 0.4) is 0 Å². The molecule has 21 heavy (non-hydrogen) atoms. The smallest absolute Gasteiger partial charge is 0.410 e. The van der Waals surface area contributed by atoms with Gasteiger partial charge in [0.1, 0.15) is 18.3 Å². The van der Waals surface area contributed by atoms with Gasteiger partial charge in [0.2, 0.25) is 0 Å². The quantitative estimate of drug-likeness (QED) is 0.853. The third kappa shape index (κ3) is 3.85. The second-order valence-electron chi connectivity index (χ2n) is 5.91. The Hall–Kier alpha value is -2.29. The van der Waals surface area contributed by atoms with Gasteiger partial charge in [0.05, 0.1) is 17.8 Å². The Kier molecular flexibility index (Phi) is 4.32. The molecule has 1 fully saturated rings. The van der Waals surface area contributed by atoms with Crippen LogP contribution in [0.1, 0.15) is 32.8 Å². The number of likely N-dealkylation sites (tertiary alicyclic amines) is 1. The fourth-order valence-electron chi connectivity index (χ4n) is 1.95. The van der Waals surface area contributed by atoms with Gasteiger partial charge in [-0.15, -0.1) is 0 Å². The summed E-state index contributed by atoms with van der Waals surface area (Å²) in [6.45, 7) is 6.52. The molecule has 0 spiro atoms. The van der Waals surface area contributed by atoms with Crippen LogP contribution in [0, 0.1) is 11.3 Å². The van der Waals surface area contributed by atoms with Crippen molar-refractivity contribution in [1.82, 2.24) is 9.88 Å². The van der Waals surface area contributed by atoms with Gasteiger partial charge in [-0.1, -0.05) is 0 Å². The van der Waals surface area contributed by atoms with E-state index >= 15 is 0 Å². The zero-order valence-corrected chi connectivity index (χ0v) is 12.5. The summed E-state index contributed by atoms with van der Waals surface area (Å²) in [6.07, 6.45) is 3.59. The Bertz CT molecular complexity index is 560. The average molecular weight is 289 g/mol. The second kappa shape index (κ2) is 6.00. The third-order valence-electron chi connectivity index (χ3n) is 3.11. The van der Waals surface area contributed by atoms with Gasteiger partial charge in [-0.2, -0.15) is 5.26 Å². The van der Waals surface area contributed by atoms with Crippen molar-refractivity contribution in [3.63, 3.8) is 0 Å². The number of ether oxygens (including phenoxy) is 2. The summed E-state index contributed by atoms with van der Waals surface area (Å²) in [5.41, 5.74) is -0.0665. The monoisotopic (exact) mass is 289 g/mol. The number of amides is 1. The van der Waals surface area contributed by atoms with Crippen LogP contribution in [-0.2, 0) is 4.74 Å². The highest BCUT2D eigenvalue weighted by Gasteiger charge is 2.35. The van der Waals surface area contributed by atoms with Gasteiger partial charge in [-0.25, -0.2) is 4.79 Å². The lowest BCUT2D eigenvalue weighted by atomic mass is 10.1. The molecule has 1 unspecified atom stereocenters. The van der Waals surface area contributed by atoms with Crippen LogP contribution in [0.5, 0.6) is 5.75 Å². The van der Waals surface area contributed by atoms with E-state index < -0.39 is 5.60 Å². The average Bonchev–Trinajstić information content (AvgIpc) is 2.35. The number of aromatic nitrogens is 1. The number of carbonyl (C=O) groups is 1. The molecule has 1 saturated heterocycles. The maximum Gasteiger partial charge on any atom is 0.410 e. The Morgan fingerprint density at radius 3 is 2.90 bits per heavy atom. The molecule has 6 nitrogen and oxygen atoms in total. The fraction of sp³-hybridized carbons (Fsp3) is 0.533. The van der Waals surface area contributed by atoms with Crippen molar-refractivity contribution in [2.24, 2.45) is 0 Å². The van der Waals surface area contributed by atoms with Gasteiger partial charge in [0.15, 0.2) is 5.75 Å². The van der Waals surface area contributed by atoms with Gasteiger partial charge in [0.25, 0.3) is 0 Å². The first kappa shape index (κ1) is 15.1. The van der Waals surface area contributed by atoms with Crippen molar-refractivity contribution in [3.05, 3.63) is 24.0 Å². The zero-order chi connectivity index (χ0) is 15.5. The van der Waals surface area contributed by atoms with Gasteiger partial charge >= 0.3 is 6.09 Å². The minimum Gasteiger partial charge on any atom is -0.488 e. The summed E-state index contributed by atoms with van der Waals surface area (Å²) in [6, 6.07) is 3.63. The maximum atomic E-state index is 12.0. The van der Waals surface area contributed by atoms with E-state index in [-0.39, 0.29) is 12.1 Å². The van der Waals surface area contributed by atoms with Crippen molar-refractivity contribution in [1.29, 1.82) is 5.26 Å². The van der Waals surface area contributed by atoms with Crippen LogP contribution in [0.25, 0.3) is 0 Å². The molecule has 112 valence electrons. The summed E-state index contributed by atoms with van der Waals surface area (Å²) < 4.78 is 10.9. The van der Waals surface area contributed by atoms with Crippen LogP contribution in [0.4, 0.5) is 4.79 Å². The molecule has 0 bridgehead atoms. The molecule has 0 aliphatic carbocycles. The van der Waals surface area contributed by atoms with E-state index in [1.165, 1.54) is 6.20 Å². The van der Waals surface area contributed by atoms with Gasteiger partial charge < -0.3 is 14.4 Å². The van der Waals surface area contributed by atoms with Crippen molar-refractivity contribution in [2.75, 3.05) is 13.2 Å². The van der Waals surface area contributed by atoms with Crippen molar-refractivity contribution in [2.45, 2.75) is 38.8 Å². The highest BCUT2D eigenvalue weighted by Crippen LogP contribution is 2.23. The predicted octanol–water partition coefficient (Wildman–Crippen LogP) is 2.34. The highest BCUT2D eigenvalue weighted by molar-refractivity contribution is 5.69. The predicted molar refractivity (Wildman–Crippen MR) is 75.8 cm³/mol. The molecule has 6 heteroatoms. The molecule has 1 amide bonds. The summed E-state index contributed by atoms with van der Waals surface area (Å²) in [7, 11) is 0. The summed E-state index contributed by atoms with van der Waals surface area (Å²) in [5, 5.41) is 8.98. The van der Waals surface area contributed by atoms with Gasteiger partial charge in [-0.05, 0) is 33.3 Å². The normalized spacial score (nSPS) is 17.6. The Balaban J connectivity index is 1.90. The van der Waals surface area contributed by atoms with E-state index in [9.17, 15) is 4.79 Å². The van der Waals surface area contributed by atoms with Gasteiger partial charge in [0, 0.05) is 12.7 Å².